The Morgan fingerprint density at radius 2 is 2.35 bits per heavy atom. The van der Waals surface area contributed by atoms with E-state index in [-0.39, 0.29) is 23.7 Å². The summed E-state index contributed by atoms with van der Waals surface area (Å²) in [5, 5.41) is 6.44. The molecule has 0 spiro atoms. The van der Waals surface area contributed by atoms with Crippen LogP contribution in [0.1, 0.15) is 35.8 Å². The maximum Gasteiger partial charge on any atom is 0.292 e. The minimum absolute atomic E-state index is 0.0450. The van der Waals surface area contributed by atoms with Gasteiger partial charge in [0.1, 0.15) is 5.54 Å². The molecule has 7 nitrogen and oxygen atoms in total. The highest BCUT2D eigenvalue weighted by Crippen LogP contribution is 2.26. The summed E-state index contributed by atoms with van der Waals surface area (Å²) in [7, 11) is 0. The van der Waals surface area contributed by atoms with Gasteiger partial charge in [-0.15, -0.1) is 0 Å². The largest absolute Gasteiger partial charge is 0.379 e. The lowest BCUT2D eigenvalue weighted by Gasteiger charge is -2.14. The van der Waals surface area contributed by atoms with Crippen LogP contribution in [0.4, 0.5) is 0 Å². The minimum Gasteiger partial charge on any atom is -0.379 e. The normalized spacial score (nSPS) is 28.3. The van der Waals surface area contributed by atoms with E-state index in [1.54, 1.807) is 0 Å². The van der Waals surface area contributed by atoms with E-state index in [0.717, 1.165) is 12.8 Å². The van der Waals surface area contributed by atoms with Crippen LogP contribution in [-0.4, -0.2) is 35.3 Å². The van der Waals surface area contributed by atoms with Gasteiger partial charge in [-0.25, -0.2) is 0 Å². The Balaban J connectivity index is 1.74. The summed E-state index contributed by atoms with van der Waals surface area (Å²) >= 11 is 0. The maximum atomic E-state index is 11.7. The van der Waals surface area contributed by atoms with Gasteiger partial charge in [-0.05, 0) is 19.3 Å². The van der Waals surface area contributed by atoms with Gasteiger partial charge < -0.3 is 20.3 Å². The molecule has 0 radical (unpaired) electrons. The Hall–Kier alpha value is -1.47. The van der Waals surface area contributed by atoms with Crippen LogP contribution in [0.2, 0.25) is 0 Å². The highest BCUT2D eigenvalue weighted by Gasteiger charge is 2.39. The molecule has 92 valence electrons. The fourth-order valence-electron chi connectivity index (χ4n) is 1.74. The third-order valence-corrected chi connectivity index (χ3v) is 3.02. The summed E-state index contributed by atoms with van der Waals surface area (Å²) in [5.74, 6) is 0.0181. The first-order valence-corrected chi connectivity index (χ1v) is 5.69. The maximum absolute atomic E-state index is 11.7. The molecule has 1 aromatic heterocycles. The Kier molecular flexibility index (Phi) is 2.37. The first kappa shape index (κ1) is 10.7. The third kappa shape index (κ3) is 2.03. The summed E-state index contributed by atoms with van der Waals surface area (Å²) in [5.41, 5.74) is 5.31. The average molecular weight is 238 g/mol. The zero-order valence-corrected chi connectivity index (χ0v) is 9.31. The van der Waals surface area contributed by atoms with E-state index in [1.807, 2.05) is 0 Å². The number of nitrogens with zero attached hydrogens (tertiary/aromatic N) is 2. The number of hydrogen-bond acceptors (Lipinski definition) is 6. The molecule has 2 aliphatic rings. The van der Waals surface area contributed by atoms with Crippen LogP contribution in [0.5, 0.6) is 0 Å². The van der Waals surface area contributed by atoms with Crippen molar-refractivity contribution in [2.75, 3.05) is 13.2 Å². The number of carbonyl (C=O) groups is 1. The van der Waals surface area contributed by atoms with Crippen LogP contribution in [0.15, 0.2) is 4.52 Å². The second-order valence-corrected chi connectivity index (χ2v) is 4.63. The molecule has 0 aromatic carbocycles. The number of nitrogens with two attached hydrogens (primary N) is 1. The molecule has 1 aromatic rings. The van der Waals surface area contributed by atoms with Crippen molar-refractivity contribution in [1.29, 1.82) is 0 Å². The van der Waals surface area contributed by atoms with Gasteiger partial charge in [0.15, 0.2) is 0 Å². The van der Waals surface area contributed by atoms with Crippen LogP contribution < -0.4 is 11.1 Å². The summed E-state index contributed by atoms with van der Waals surface area (Å²) < 4.78 is 10.3. The number of rotatable bonds is 3. The predicted octanol–water partition coefficient (Wildman–Crippen LogP) is -0.464. The van der Waals surface area contributed by atoms with Gasteiger partial charge in [0, 0.05) is 12.6 Å². The number of hydrogen-bond donors (Lipinski definition) is 2. The Bertz CT molecular complexity index is 435. The van der Waals surface area contributed by atoms with Crippen LogP contribution in [0.3, 0.4) is 0 Å². The molecule has 1 aliphatic carbocycles. The lowest BCUT2D eigenvalue weighted by Crippen LogP contribution is -2.37. The first-order chi connectivity index (χ1) is 8.17. The Morgan fingerprint density at radius 3 is 3.00 bits per heavy atom. The van der Waals surface area contributed by atoms with E-state index in [4.69, 9.17) is 15.0 Å². The van der Waals surface area contributed by atoms with Gasteiger partial charge >= 0.3 is 0 Å². The molecule has 1 saturated carbocycles. The molecule has 1 aliphatic heterocycles. The monoisotopic (exact) mass is 238 g/mol. The number of aromatic nitrogens is 2. The van der Waals surface area contributed by atoms with Crippen LogP contribution in [0.25, 0.3) is 0 Å². The number of amides is 1. The van der Waals surface area contributed by atoms with Gasteiger partial charge in [0.2, 0.25) is 5.89 Å². The summed E-state index contributed by atoms with van der Waals surface area (Å²) in [4.78, 5) is 15.7. The lowest BCUT2D eigenvalue weighted by molar-refractivity contribution is 0.0937. The summed E-state index contributed by atoms with van der Waals surface area (Å²) in [6.45, 7) is 0.918. The van der Waals surface area contributed by atoms with Gasteiger partial charge in [0.05, 0.1) is 6.61 Å². The van der Waals surface area contributed by atoms with E-state index in [9.17, 15) is 4.79 Å². The summed E-state index contributed by atoms with van der Waals surface area (Å²) in [6, 6.07) is 0.270. The molecular formula is C10H14N4O3. The van der Waals surface area contributed by atoms with E-state index >= 15 is 0 Å². The number of ether oxygens (including phenoxy) is 1. The van der Waals surface area contributed by atoms with E-state index in [0.29, 0.717) is 19.6 Å². The second kappa shape index (κ2) is 3.78. The van der Waals surface area contributed by atoms with Crippen molar-refractivity contribution in [3.63, 3.8) is 0 Å². The van der Waals surface area contributed by atoms with Crippen molar-refractivity contribution >= 4 is 5.91 Å². The standard InChI is InChI=1S/C10H14N4O3/c11-10(3-4-16-5-10)9-13-7(14-17-9)8(15)12-6-1-2-6/h6H,1-5,11H2,(H,12,15). The van der Waals surface area contributed by atoms with Crippen molar-refractivity contribution in [2.24, 2.45) is 5.73 Å². The van der Waals surface area contributed by atoms with Crippen LogP contribution in [0, 0.1) is 0 Å². The Labute approximate surface area is 97.7 Å². The summed E-state index contributed by atoms with van der Waals surface area (Å²) in [6.07, 6.45) is 2.66. The van der Waals surface area contributed by atoms with Gasteiger partial charge in [0.25, 0.3) is 11.7 Å². The topological polar surface area (TPSA) is 103 Å². The lowest BCUT2D eigenvalue weighted by atomic mass is 10.0. The highest BCUT2D eigenvalue weighted by atomic mass is 16.5. The van der Waals surface area contributed by atoms with E-state index < -0.39 is 5.54 Å². The second-order valence-electron chi connectivity index (χ2n) is 4.63. The molecule has 2 heterocycles. The van der Waals surface area contributed by atoms with Crippen molar-refractivity contribution in [2.45, 2.75) is 30.8 Å². The number of carbonyl (C=O) groups excluding carboxylic acids is 1. The molecule has 17 heavy (non-hydrogen) atoms. The van der Waals surface area contributed by atoms with Gasteiger partial charge in [-0.1, -0.05) is 5.16 Å². The quantitative estimate of drug-likeness (QED) is 0.738. The molecule has 1 amide bonds. The zero-order valence-electron chi connectivity index (χ0n) is 9.31. The number of nitrogens with one attached hydrogen (secondary N) is 1. The zero-order chi connectivity index (χ0) is 11.9. The molecule has 3 rings (SSSR count). The van der Waals surface area contributed by atoms with Crippen molar-refractivity contribution < 1.29 is 14.1 Å². The average Bonchev–Trinajstić information content (AvgIpc) is 2.84. The molecule has 7 heteroatoms. The molecule has 3 N–H and O–H groups in total. The van der Waals surface area contributed by atoms with Crippen molar-refractivity contribution in [3.8, 4) is 0 Å². The van der Waals surface area contributed by atoms with Gasteiger partial charge in [-0.3, -0.25) is 4.79 Å². The highest BCUT2D eigenvalue weighted by molar-refractivity contribution is 5.90. The van der Waals surface area contributed by atoms with Gasteiger partial charge in [-0.2, -0.15) is 4.98 Å². The molecule has 0 bridgehead atoms. The molecule has 1 saturated heterocycles. The fraction of sp³-hybridized carbons (Fsp3) is 0.700. The molecule has 1 unspecified atom stereocenters. The predicted molar refractivity (Wildman–Crippen MR) is 56.1 cm³/mol. The van der Waals surface area contributed by atoms with Crippen molar-refractivity contribution in [3.05, 3.63) is 11.7 Å². The van der Waals surface area contributed by atoms with E-state index in [1.165, 1.54) is 0 Å². The first-order valence-electron chi connectivity index (χ1n) is 5.69. The van der Waals surface area contributed by atoms with Crippen LogP contribution in [-0.2, 0) is 10.3 Å². The molecular weight excluding hydrogens is 224 g/mol. The van der Waals surface area contributed by atoms with Crippen molar-refractivity contribution in [1.82, 2.24) is 15.5 Å². The van der Waals surface area contributed by atoms with E-state index in [2.05, 4.69) is 15.5 Å². The molecule has 1 atom stereocenters. The smallest absolute Gasteiger partial charge is 0.292 e. The third-order valence-electron chi connectivity index (χ3n) is 3.02. The Morgan fingerprint density at radius 1 is 1.53 bits per heavy atom. The van der Waals surface area contributed by atoms with Crippen LogP contribution >= 0.6 is 0 Å². The molecule has 2 fully saturated rings. The fourth-order valence-corrected chi connectivity index (χ4v) is 1.74. The minimum atomic E-state index is -0.745. The SMILES string of the molecule is NC1(c2nc(C(=O)NC3CC3)no2)CCOC1.